The molecule has 0 saturated heterocycles. The van der Waals surface area contributed by atoms with E-state index in [1.165, 1.54) is 30.0 Å². The van der Waals surface area contributed by atoms with Crippen LogP contribution in [0.15, 0.2) is 67.0 Å². The van der Waals surface area contributed by atoms with Gasteiger partial charge in [0.25, 0.3) is 5.91 Å². The number of nitrogens with zero attached hydrogens (tertiary/aromatic N) is 5. The van der Waals surface area contributed by atoms with Gasteiger partial charge in [0.2, 0.25) is 0 Å². The monoisotopic (exact) mass is 561 g/mol. The van der Waals surface area contributed by atoms with Gasteiger partial charge in [-0.05, 0) is 55.8 Å². The van der Waals surface area contributed by atoms with Gasteiger partial charge in [0.1, 0.15) is 11.5 Å². The average Bonchev–Trinajstić information content (AvgIpc) is 3.38. The maximum absolute atomic E-state index is 13.3. The summed E-state index contributed by atoms with van der Waals surface area (Å²) in [6.45, 7) is 4.89. The van der Waals surface area contributed by atoms with Crippen molar-refractivity contribution in [3.63, 3.8) is 0 Å². The third-order valence-corrected chi connectivity index (χ3v) is 6.38. The number of ether oxygens (including phenoxy) is 2. The van der Waals surface area contributed by atoms with Crippen LogP contribution in [0.25, 0.3) is 5.70 Å². The molecule has 0 spiro atoms. The molecule has 0 aliphatic carbocycles. The van der Waals surface area contributed by atoms with Gasteiger partial charge >= 0.3 is 6.36 Å². The van der Waals surface area contributed by atoms with Crippen molar-refractivity contribution in [3.8, 4) is 11.5 Å². The molecule has 3 aromatic rings. The van der Waals surface area contributed by atoms with E-state index in [9.17, 15) is 18.0 Å². The molecular weight excluding hydrogens is 535 g/mol. The molecule has 39 heavy (non-hydrogen) atoms. The highest BCUT2D eigenvalue weighted by Gasteiger charge is 2.31. The zero-order chi connectivity index (χ0) is 28.2. The molecule has 8 nitrogen and oxygen atoms in total. The van der Waals surface area contributed by atoms with Crippen LogP contribution in [-0.4, -0.2) is 56.8 Å². The normalized spacial score (nSPS) is 13.4. The summed E-state index contributed by atoms with van der Waals surface area (Å²) in [4.78, 5) is 16.8. The maximum atomic E-state index is 13.3. The van der Waals surface area contributed by atoms with Crippen LogP contribution < -0.4 is 9.47 Å². The largest absolute Gasteiger partial charge is 0.573 e. The first-order chi connectivity index (χ1) is 18.5. The van der Waals surface area contributed by atoms with Gasteiger partial charge in [-0.2, -0.15) is 0 Å². The molecule has 0 N–H and O–H groups in total. The molecule has 12 heteroatoms. The van der Waals surface area contributed by atoms with Crippen LogP contribution >= 0.6 is 11.6 Å². The second kappa shape index (κ2) is 11.8. The van der Waals surface area contributed by atoms with E-state index in [4.69, 9.17) is 16.3 Å². The predicted octanol–water partition coefficient (Wildman–Crippen LogP) is 5.76. The standard InChI is InChI=1S/C27H27ClF3N5O3/c1-18(2)35(16-19-6-4-5-7-23(19)28)26(37)24-17-36(33-32-24)21-10-12-34(13-11-21)15-20-14-22(39-27(29,30)31)8-9-25(20)38-3/h4-12,14,17-18H,13,15-16H2,1-3H3. The van der Waals surface area contributed by atoms with E-state index in [0.717, 1.165) is 5.56 Å². The number of alkyl halides is 3. The van der Waals surface area contributed by atoms with Gasteiger partial charge in [0.05, 0.1) is 19.0 Å². The van der Waals surface area contributed by atoms with E-state index in [-0.39, 0.29) is 29.9 Å². The van der Waals surface area contributed by atoms with Crippen LogP contribution in [0.5, 0.6) is 11.5 Å². The summed E-state index contributed by atoms with van der Waals surface area (Å²) in [6, 6.07) is 11.2. The number of amides is 1. The molecule has 2 aromatic carbocycles. The number of aromatic nitrogens is 3. The lowest BCUT2D eigenvalue weighted by atomic mass is 10.1. The number of halogens is 4. The lowest BCUT2D eigenvalue weighted by molar-refractivity contribution is -0.274. The molecule has 1 amide bonds. The zero-order valence-corrected chi connectivity index (χ0v) is 22.3. The highest BCUT2D eigenvalue weighted by atomic mass is 35.5. The van der Waals surface area contributed by atoms with Gasteiger partial charge in [0, 0.05) is 42.5 Å². The number of carbonyl (C=O) groups is 1. The number of rotatable bonds is 9. The summed E-state index contributed by atoms with van der Waals surface area (Å²) < 4.78 is 48.8. The Bertz CT molecular complexity index is 1390. The van der Waals surface area contributed by atoms with Crippen molar-refractivity contribution in [1.29, 1.82) is 0 Å². The summed E-state index contributed by atoms with van der Waals surface area (Å²) in [5, 5.41) is 8.79. The van der Waals surface area contributed by atoms with Crippen molar-refractivity contribution in [2.24, 2.45) is 0 Å². The highest BCUT2D eigenvalue weighted by molar-refractivity contribution is 6.31. The number of hydrogen-bond donors (Lipinski definition) is 0. The smallest absolute Gasteiger partial charge is 0.496 e. The number of allylic oxidation sites excluding steroid dienone is 2. The van der Waals surface area contributed by atoms with E-state index >= 15 is 0 Å². The fraction of sp³-hybridized carbons (Fsp3) is 0.296. The first kappa shape index (κ1) is 28.0. The van der Waals surface area contributed by atoms with E-state index < -0.39 is 6.36 Å². The maximum Gasteiger partial charge on any atom is 0.573 e. The second-order valence-corrected chi connectivity index (χ2v) is 9.47. The van der Waals surface area contributed by atoms with Gasteiger partial charge in [-0.3, -0.25) is 4.79 Å². The van der Waals surface area contributed by atoms with Gasteiger partial charge in [-0.1, -0.05) is 35.0 Å². The molecule has 0 saturated carbocycles. The van der Waals surface area contributed by atoms with Crippen LogP contribution in [0.2, 0.25) is 5.02 Å². The van der Waals surface area contributed by atoms with Crippen LogP contribution in [0, 0.1) is 0 Å². The first-order valence-electron chi connectivity index (χ1n) is 12.1. The van der Waals surface area contributed by atoms with E-state index in [1.54, 1.807) is 29.4 Å². The molecular formula is C27H27ClF3N5O3. The second-order valence-electron chi connectivity index (χ2n) is 9.06. The molecule has 0 radical (unpaired) electrons. The van der Waals surface area contributed by atoms with Gasteiger partial charge in [0.15, 0.2) is 5.69 Å². The minimum absolute atomic E-state index is 0.0988. The summed E-state index contributed by atoms with van der Waals surface area (Å²) >= 11 is 6.29. The number of hydrogen-bond acceptors (Lipinski definition) is 6. The predicted molar refractivity (Wildman–Crippen MR) is 140 cm³/mol. The third kappa shape index (κ3) is 7.11. The summed E-state index contributed by atoms with van der Waals surface area (Å²) in [5.41, 5.74) is 2.25. The Morgan fingerprint density at radius 1 is 1.18 bits per heavy atom. The van der Waals surface area contributed by atoms with Crippen LogP contribution in [0.1, 0.15) is 35.5 Å². The van der Waals surface area contributed by atoms with Gasteiger partial charge in [-0.25, -0.2) is 4.68 Å². The van der Waals surface area contributed by atoms with Crippen LogP contribution in [-0.2, 0) is 13.1 Å². The van der Waals surface area contributed by atoms with Gasteiger partial charge < -0.3 is 19.3 Å². The zero-order valence-electron chi connectivity index (χ0n) is 21.5. The molecule has 206 valence electrons. The molecule has 0 atom stereocenters. The highest BCUT2D eigenvalue weighted by Crippen LogP contribution is 2.30. The van der Waals surface area contributed by atoms with Crippen molar-refractivity contribution in [1.82, 2.24) is 24.8 Å². The van der Waals surface area contributed by atoms with Crippen LogP contribution in [0.4, 0.5) is 13.2 Å². The quantitative estimate of drug-likeness (QED) is 0.331. The topological polar surface area (TPSA) is 72.7 Å². The molecule has 4 rings (SSSR count). The fourth-order valence-electron chi connectivity index (χ4n) is 4.04. The van der Waals surface area contributed by atoms with Crippen molar-refractivity contribution >= 4 is 23.2 Å². The average molecular weight is 562 g/mol. The van der Waals surface area contributed by atoms with E-state index in [0.29, 0.717) is 35.1 Å². The van der Waals surface area contributed by atoms with Crippen molar-refractivity contribution < 1.29 is 27.4 Å². The third-order valence-electron chi connectivity index (χ3n) is 6.01. The lowest BCUT2D eigenvalue weighted by Gasteiger charge is -2.26. The first-order valence-corrected chi connectivity index (χ1v) is 12.4. The number of methoxy groups -OCH3 is 1. The number of carbonyl (C=O) groups excluding carboxylic acids is 1. The Hall–Kier alpha value is -3.99. The molecule has 1 aliphatic heterocycles. The lowest BCUT2D eigenvalue weighted by Crippen LogP contribution is -2.36. The molecule has 0 fully saturated rings. The summed E-state index contributed by atoms with van der Waals surface area (Å²) in [5.74, 6) is -0.148. The molecule has 0 bridgehead atoms. The Balaban J connectivity index is 1.43. The minimum atomic E-state index is -4.78. The van der Waals surface area contributed by atoms with Crippen molar-refractivity contribution in [2.75, 3.05) is 13.7 Å². The van der Waals surface area contributed by atoms with E-state index in [1.807, 2.05) is 43.0 Å². The Kier molecular flexibility index (Phi) is 8.49. The molecule has 0 unspecified atom stereocenters. The van der Waals surface area contributed by atoms with Crippen molar-refractivity contribution in [3.05, 3.63) is 88.9 Å². The minimum Gasteiger partial charge on any atom is -0.496 e. The summed E-state index contributed by atoms with van der Waals surface area (Å²) in [7, 11) is 1.45. The SMILES string of the molecule is COc1ccc(OC(F)(F)F)cc1CN1C=CC(n2cc(C(=O)N(Cc3ccccc3Cl)C(C)C)nn2)=CC1. The molecule has 1 aromatic heterocycles. The Labute approximate surface area is 228 Å². The number of benzene rings is 2. The van der Waals surface area contributed by atoms with Gasteiger partial charge in [-0.15, -0.1) is 18.3 Å². The summed E-state index contributed by atoms with van der Waals surface area (Å²) in [6.07, 6.45) is 2.21. The molecule has 2 heterocycles. The molecule has 1 aliphatic rings. The fourth-order valence-corrected chi connectivity index (χ4v) is 4.23. The van der Waals surface area contributed by atoms with Crippen molar-refractivity contribution in [2.45, 2.75) is 39.3 Å². The Morgan fingerprint density at radius 2 is 1.95 bits per heavy atom. The van der Waals surface area contributed by atoms with E-state index in [2.05, 4.69) is 15.0 Å². The Morgan fingerprint density at radius 3 is 2.59 bits per heavy atom. The van der Waals surface area contributed by atoms with Crippen LogP contribution in [0.3, 0.4) is 0 Å².